The largest absolute Gasteiger partial charge is 0.376 e. The monoisotopic (exact) mass is 585 g/mol. The number of ether oxygens (including phenoxy) is 6. The summed E-state index contributed by atoms with van der Waals surface area (Å²) >= 11 is 0. The fourth-order valence-corrected chi connectivity index (χ4v) is 5.46. The van der Waals surface area contributed by atoms with Gasteiger partial charge in [0.2, 0.25) is 5.91 Å². The Balaban J connectivity index is 1.53. The van der Waals surface area contributed by atoms with Gasteiger partial charge in [-0.05, 0) is 34.1 Å². The first-order valence-electron chi connectivity index (χ1n) is 16.8. The van der Waals surface area contributed by atoms with Crippen LogP contribution in [-0.4, -0.2) is 75.4 Å². The number of rotatable bonds is 25. The first-order chi connectivity index (χ1) is 19.7. The lowest BCUT2D eigenvalue weighted by Gasteiger charge is -2.22. The Bertz CT molecular complexity index is 640. The molecule has 2 fully saturated rings. The summed E-state index contributed by atoms with van der Waals surface area (Å²) in [5.74, 6) is -1.09. The topological polar surface area (TPSA) is 84.5 Å². The highest BCUT2D eigenvalue weighted by Crippen LogP contribution is 2.23. The van der Waals surface area contributed by atoms with Crippen molar-refractivity contribution in [2.75, 3.05) is 39.6 Å². The van der Waals surface area contributed by atoms with Gasteiger partial charge in [0.05, 0.1) is 45.7 Å². The van der Waals surface area contributed by atoms with Crippen molar-refractivity contribution < 1.29 is 33.2 Å². The van der Waals surface area contributed by atoms with Crippen molar-refractivity contribution >= 4 is 5.91 Å². The highest BCUT2D eigenvalue weighted by atomic mass is 16.8. The number of hydrogen-bond acceptors (Lipinski definition) is 7. The van der Waals surface area contributed by atoms with E-state index in [0.29, 0.717) is 46.1 Å². The second-order valence-electron chi connectivity index (χ2n) is 12.9. The molecular weight excluding hydrogens is 522 g/mol. The lowest BCUT2D eigenvalue weighted by atomic mass is 10.0. The summed E-state index contributed by atoms with van der Waals surface area (Å²) in [7, 11) is 0. The molecular formula is C33H63NO7. The molecule has 2 saturated heterocycles. The van der Waals surface area contributed by atoms with Gasteiger partial charge in [-0.3, -0.25) is 4.79 Å². The molecule has 2 aliphatic rings. The second kappa shape index (κ2) is 21.0. The van der Waals surface area contributed by atoms with E-state index in [1.54, 1.807) is 0 Å². The number of nitrogens with one attached hydrogen (secondary N) is 1. The zero-order chi connectivity index (χ0) is 29.8. The summed E-state index contributed by atoms with van der Waals surface area (Å²) in [6.45, 7) is 12.5. The second-order valence-corrected chi connectivity index (χ2v) is 12.9. The molecule has 0 spiro atoms. The Morgan fingerprint density at radius 1 is 0.683 bits per heavy atom. The van der Waals surface area contributed by atoms with Gasteiger partial charge in [-0.25, -0.2) is 0 Å². The van der Waals surface area contributed by atoms with Crippen LogP contribution in [0.1, 0.15) is 137 Å². The van der Waals surface area contributed by atoms with Crippen molar-refractivity contribution in [3.8, 4) is 0 Å². The van der Waals surface area contributed by atoms with Crippen LogP contribution in [0.15, 0.2) is 0 Å². The highest BCUT2D eigenvalue weighted by Gasteiger charge is 2.34. The van der Waals surface area contributed by atoms with Crippen LogP contribution in [0.3, 0.4) is 0 Å². The van der Waals surface area contributed by atoms with Crippen LogP contribution in [0.5, 0.6) is 0 Å². The van der Waals surface area contributed by atoms with Crippen LogP contribution in [0.4, 0.5) is 0 Å². The van der Waals surface area contributed by atoms with E-state index >= 15 is 0 Å². The van der Waals surface area contributed by atoms with Gasteiger partial charge in [-0.15, -0.1) is 0 Å². The van der Waals surface area contributed by atoms with Gasteiger partial charge in [0, 0.05) is 6.42 Å². The highest BCUT2D eigenvalue weighted by molar-refractivity contribution is 5.76. The van der Waals surface area contributed by atoms with Crippen molar-refractivity contribution in [2.45, 2.75) is 167 Å². The Morgan fingerprint density at radius 3 is 1.44 bits per heavy atom. The average molecular weight is 586 g/mol. The molecule has 0 radical (unpaired) electrons. The van der Waals surface area contributed by atoms with Gasteiger partial charge < -0.3 is 33.7 Å². The van der Waals surface area contributed by atoms with E-state index < -0.39 is 11.6 Å². The number of amides is 1. The molecule has 1 N–H and O–H groups in total. The molecule has 8 heteroatoms. The van der Waals surface area contributed by atoms with E-state index in [1.807, 2.05) is 27.7 Å². The van der Waals surface area contributed by atoms with Crippen molar-refractivity contribution in [1.82, 2.24) is 5.32 Å². The smallest absolute Gasteiger partial charge is 0.220 e. The van der Waals surface area contributed by atoms with Gasteiger partial charge in [0.15, 0.2) is 11.6 Å². The van der Waals surface area contributed by atoms with Gasteiger partial charge in [-0.2, -0.15) is 0 Å². The quantitative estimate of drug-likeness (QED) is 0.115. The molecule has 0 saturated carbocycles. The van der Waals surface area contributed by atoms with Crippen LogP contribution in [-0.2, 0) is 33.2 Å². The maximum absolute atomic E-state index is 12.7. The van der Waals surface area contributed by atoms with Crippen LogP contribution in [0.25, 0.3) is 0 Å². The first-order valence-corrected chi connectivity index (χ1v) is 16.8. The fraction of sp³-hybridized carbons (Fsp3) is 0.970. The summed E-state index contributed by atoms with van der Waals surface area (Å²) in [6, 6.07) is -0.232. The molecule has 0 aromatic heterocycles. The van der Waals surface area contributed by atoms with Crippen LogP contribution < -0.4 is 5.32 Å². The SMILES string of the molecule is CCCCCCCCCCCCCCCCCC(=O)NC(COCC1COC(C)(C)O1)COCC1COC(C)(C)O1. The number of unbranched alkanes of at least 4 members (excludes halogenated alkanes) is 14. The van der Waals surface area contributed by atoms with E-state index in [4.69, 9.17) is 28.4 Å². The van der Waals surface area contributed by atoms with Gasteiger partial charge in [-0.1, -0.05) is 96.8 Å². The zero-order valence-corrected chi connectivity index (χ0v) is 27.1. The maximum Gasteiger partial charge on any atom is 0.220 e. The molecule has 0 aromatic carbocycles. The third-order valence-electron chi connectivity index (χ3n) is 7.75. The molecule has 1 amide bonds. The summed E-state index contributed by atoms with van der Waals surface area (Å²) in [5.41, 5.74) is 0. The Labute approximate surface area is 251 Å². The van der Waals surface area contributed by atoms with Crippen molar-refractivity contribution in [3.63, 3.8) is 0 Å². The minimum absolute atomic E-state index is 0.0556. The lowest BCUT2D eigenvalue weighted by molar-refractivity contribution is -0.147. The standard InChI is InChI=1S/C33H63NO7/c1-6-7-8-9-10-11-12-13-14-15-16-17-18-19-20-21-31(35)34-28(22-36-24-29-26-38-32(2,3)40-29)23-37-25-30-27-39-33(4,5)41-30/h28-30H,6-27H2,1-5H3,(H,34,35). The van der Waals surface area contributed by atoms with Crippen LogP contribution in [0, 0.1) is 0 Å². The third-order valence-corrected chi connectivity index (χ3v) is 7.75. The number of hydrogen-bond donors (Lipinski definition) is 1. The summed E-state index contributed by atoms with van der Waals surface area (Å²) < 4.78 is 34.7. The third kappa shape index (κ3) is 18.5. The van der Waals surface area contributed by atoms with Crippen LogP contribution in [0.2, 0.25) is 0 Å². The summed E-state index contributed by atoms with van der Waals surface area (Å²) in [5, 5.41) is 3.12. The predicted octanol–water partition coefficient (Wildman–Crippen LogP) is 7.07. The van der Waals surface area contributed by atoms with Crippen LogP contribution >= 0.6 is 0 Å². The molecule has 2 aliphatic heterocycles. The molecule has 2 heterocycles. The summed E-state index contributed by atoms with van der Waals surface area (Å²) in [6.07, 6.45) is 20.1. The van der Waals surface area contributed by atoms with E-state index in [9.17, 15) is 4.79 Å². The normalized spacial score (nSPS) is 22.3. The molecule has 2 rings (SSSR count). The van der Waals surface area contributed by atoms with Crippen molar-refractivity contribution in [3.05, 3.63) is 0 Å². The molecule has 0 bridgehead atoms. The Hall–Kier alpha value is -0.770. The van der Waals surface area contributed by atoms with Crippen molar-refractivity contribution in [1.29, 1.82) is 0 Å². The van der Waals surface area contributed by atoms with Gasteiger partial charge in [0.25, 0.3) is 0 Å². The van der Waals surface area contributed by atoms with Gasteiger partial charge >= 0.3 is 0 Å². The predicted molar refractivity (Wildman–Crippen MR) is 163 cm³/mol. The molecule has 41 heavy (non-hydrogen) atoms. The minimum Gasteiger partial charge on any atom is -0.376 e. The minimum atomic E-state index is -0.574. The molecule has 0 aromatic rings. The lowest BCUT2D eigenvalue weighted by Crippen LogP contribution is -2.42. The Kier molecular flexibility index (Phi) is 18.7. The fourth-order valence-electron chi connectivity index (χ4n) is 5.46. The van der Waals surface area contributed by atoms with E-state index in [0.717, 1.165) is 12.8 Å². The van der Waals surface area contributed by atoms with Crippen molar-refractivity contribution in [2.24, 2.45) is 0 Å². The average Bonchev–Trinajstić information content (AvgIpc) is 3.45. The number of carbonyl (C=O) groups is 1. The molecule has 242 valence electrons. The molecule has 8 nitrogen and oxygen atoms in total. The summed E-state index contributed by atoms with van der Waals surface area (Å²) in [4.78, 5) is 12.7. The van der Waals surface area contributed by atoms with E-state index in [2.05, 4.69) is 12.2 Å². The zero-order valence-electron chi connectivity index (χ0n) is 27.1. The van der Waals surface area contributed by atoms with E-state index in [1.165, 1.54) is 83.5 Å². The molecule has 2 unspecified atom stereocenters. The van der Waals surface area contributed by atoms with E-state index in [-0.39, 0.29) is 24.2 Å². The molecule has 2 atom stereocenters. The Morgan fingerprint density at radius 2 is 1.07 bits per heavy atom. The maximum atomic E-state index is 12.7. The first kappa shape index (κ1) is 36.4. The number of carbonyl (C=O) groups excluding carboxylic acids is 1. The molecule has 0 aliphatic carbocycles. The van der Waals surface area contributed by atoms with Gasteiger partial charge in [0.1, 0.15) is 12.2 Å².